The summed E-state index contributed by atoms with van der Waals surface area (Å²) in [6.07, 6.45) is 1.29. The van der Waals surface area contributed by atoms with Crippen LogP contribution >= 0.6 is 0 Å². The lowest BCUT2D eigenvalue weighted by atomic mass is 10.3. The highest BCUT2D eigenvalue weighted by Gasteiger charge is 2.02. The number of H-pyrrole nitrogens is 1. The minimum Gasteiger partial charge on any atom is -0.492 e. The third-order valence-electron chi connectivity index (χ3n) is 2.32. The number of nitrogens with zero attached hydrogens (tertiary/aromatic N) is 2. The van der Waals surface area contributed by atoms with Gasteiger partial charge in [0.05, 0.1) is 23.5 Å². The average Bonchev–Trinajstić information content (AvgIpc) is 2.71. The Labute approximate surface area is 93.9 Å². The van der Waals surface area contributed by atoms with Crippen molar-refractivity contribution in [3.63, 3.8) is 0 Å². The summed E-state index contributed by atoms with van der Waals surface area (Å²) in [6, 6.07) is 7.76. The van der Waals surface area contributed by atoms with Crippen molar-refractivity contribution in [3.8, 4) is 11.8 Å². The van der Waals surface area contributed by atoms with Crippen molar-refractivity contribution in [2.24, 2.45) is 0 Å². The number of aromatic amines is 1. The van der Waals surface area contributed by atoms with E-state index >= 15 is 0 Å². The highest BCUT2D eigenvalue weighted by Crippen LogP contribution is 2.19. The molecule has 0 aliphatic carbocycles. The van der Waals surface area contributed by atoms with Gasteiger partial charge in [0, 0.05) is 12.5 Å². The van der Waals surface area contributed by atoms with E-state index in [4.69, 9.17) is 10.00 Å². The number of nitrogens with one attached hydrogen (secondary N) is 1. The monoisotopic (exact) mass is 215 g/mol. The van der Waals surface area contributed by atoms with Crippen molar-refractivity contribution in [1.82, 2.24) is 9.97 Å². The molecule has 4 heteroatoms. The van der Waals surface area contributed by atoms with Crippen molar-refractivity contribution in [2.75, 3.05) is 6.61 Å². The van der Waals surface area contributed by atoms with Crippen molar-refractivity contribution in [1.29, 1.82) is 5.26 Å². The predicted octanol–water partition coefficient (Wildman–Crippen LogP) is 2.42. The summed E-state index contributed by atoms with van der Waals surface area (Å²) in [6.45, 7) is 2.48. The Morgan fingerprint density at radius 3 is 3.12 bits per heavy atom. The Balaban J connectivity index is 2.19. The van der Waals surface area contributed by atoms with Gasteiger partial charge in [-0.15, -0.1) is 0 Å². The second-order valence-electron chi connectivity index (χ2n) is 3.47. The fourth-order valence-corrected chi connectivity index (χ4v) is 1.51. The normalized spacial score (nSPS) is 10.2. The number of aromatic nitrogens is 2. The van der Waals surface area contributed by atoms with Gasteiger partial charge in [-0.3, -0.25) is 0 Å². The van der Waals surface area contributed by atoms with Gasteiger partial charge in [0.2, 0.25) is 0 Å². The zero-order valence-electron chi connectivity index (χ0n) is 9.16. The molecule has 0 radical (unpaired) electrons. The number of nitriles is 1. The molecule has 1 aromatic heterocycles. The third kappa shape index (κ3) is 2.14. The number of aryl methyl sites for hydroxylation is 1. The molecule has 2 aromatic rings. The zero-order valence-corrected chi connectivity index (χ0v) is 9.16. The molecule has 0 fully saturated rings. The summed E-state index contributed by atoms with van der Waals surface area (Å²) in [5.41, 5.74) is 1.93. The lowest BCUT2D eigenvalue weighted by Crippen LogP contribution is -1.95. The molecule has 0 bridgehead atoms. The number of ether oxygens (including phenoxy) is 1. The summed E-state index contributed by atoms with van der Waals surface area (Å²) >= 11 is 0. The van der Waals surface area contributed by atoms with E-state index in [1.807, 2.05) is 24.3 Å². The minimum atomic E-state index is 0.404. The first-order chi connectivity index (χ1) is 7.83. The fourth-order valence-electron chi connectivity index (χ4n) is 1.51. The van der Waals surface area contributed by atoms with Crippen LogP contribution in [0.1, 0.15) is 19.2 Å². The topological polar surface area (TPSA) is 61.7 Å². The molecule has 0 spiro atoms. The first kappa shape index (κ1) is 10.5. The maximum atomic E-state index is 8.41. The molecular weight excluding hydrogens is 202 g/mol. The van der Waals surface area contributed by atoms with Crippen molar-refractivity contribution >= 4 is 11.0 Å². The molecule has 4 nitrogen and oxygen atoms in total. The van der Waals surface area contributed by atoms with Gasteiger partial charge in [0.15, 0.2) is 0 Å². The standard InChI is InChI=1S/C12H13N3O/c1-2-12-14-10-5-4-9(8-11(10)15-12)16-7-3-6-13/h4-5,8H,2-3,7H2,1H3,(H,14,15). The van der Waals surface area contributed by atoms with Gasteiger partial charge >= 0.3 is 0 Å². The molecule has 0 unspecified atom stereocenters. The Bertz CT molecular complexity index is 525. The van der Waals surface area contributed by atoms with Gasteiger partial charge in [-0.05, 0) is 12.1 Å². The average molecular weight is 215 g/mol. The first-order valence-electron chi connectivity index (χ1n) is 5.32. The smallest absolute Gasteiger partial charge is 0.121 e. The maximum Gasteiger partial charge on any atom is 0.121 e. The number of imidazole rings is 1. The summed E-state index contributed by atoms with van der Waals surface area (Å²) < 4.78 is 5.43. The summed E-state index contributed by atoms with van der Waals surface area (Å²) in [4.78, 5) is 7.63. The van der Waals surface area contributed by atoms with E-state index in [2.05, 4.69) is 16.9 Å². The first-order valence-corrected chi connectivity index (χ1v) is 5.32. The second-order valence-corrected chi connectivity index (χ2v) is 3.47. The van der Waals surface area contributed by atoms with Crippen LogP contribution in [-0.2, 0) is 6.42 Å². The molecule has 1 N–H and O–H groups in total. The Morgan fingerprint density at radius 2 is 2.38 bits per heavy atom. The molecule has 0 amide bonds. The lowest BCUT2D eigenvalue weighted by Gasteiger charge is -2.02. The molecule has 0 saturated heterocycles. The van der Waals surface area contributed by atoms with Crippen LogP contribution < -0.4 is 4.74 Å². The molecule has 0 atom stereocenters. The van der Waals surface area contributed by atoms with Gasteiger partial charge in [0.1, 0.15) is 18.2 Å². The molecule has 0 aliphatic heterocycles. The molecule has 1 aromatic carbocycles. The Hall–Kier alpha value is -2.02. The van der Waals surface area contributed by atoms with Crippen molar-refractivity contribution in [3.05, 3.63) is 24.0 Å². The lowest BCUT2D eigenvalue weighted by molar-refractivity contribution is 0.327. The number of rotatable bonds is 4. The van der Waals surface area contributed by atoms with E-state index < -0.39 is 0 Å². The predicted molar refractivity (Wildman–Crippen MR) is 61.2 cm³/mol. The number of benzene rings is 1. The summed E-state index contributed by atoms with van der Waals surface area (Å²) in [5, 5.41) is 8.41. The van der Waals surface area contributed by atoms with E-state index in [0.29, 0.717) is 13.0 Å². The summed E-state index contributed by atoms with van der Waals surface area (Å²) in [7, 11) is 0. The van der Waals surface area contributed by atoms with Gasteiger partial charge in [-0.2, -0.15) is 5.26 Å². The van der Waals surface area contributed by atoms with Gasteiger partial charge in [0.25, 0.3) is 0 Å². The van der Waals surface area contributed by atoms with Gasteiger partial charge in [-0.25, -0.2) is 4.98 Å². The van der Waals surface area contributed by atoms with Crippen LogP contribution in [-0.4, -0.2) is 16.6 Å². The van der Waals surface area contributed by atoms with E-state index in [1.165, 1.54) is 0 Å². The number of hydrogen-bond donors (Lipinski definition) is 1. The van der Waals surface area contributed by atoms with Crippen LogP contribution in [0.25, 0.3) is 11.0 Å². The van der Waals surface area contributed by atoms with E-state index in [1.54, 1.807) is 0 Å². The molecule has 2 rings (SSSR count). The van der Waals surface area contributed by atoms with Gasteiger partial charge < -0.3 is 9.72 Å². The van der Waals surface area contributed by atoms with Crippen LogP contribution in [0.4, 0.5) is 0 Å². The Kier molecular flexibility index (Phi) is 3.06. The maximum absolute atomic E-state index is 8.41. The van der Waals surface area contributed by atoms with Crippen LogP contribution in [0.5, 0.6) is 5.75 Å². The third-order valence-corrected chi connectivity index (χ3v) is 2.32. The minimum absolute atomic E-state index is 0.404. The van der Waals surface area contributed by atoms with E-state index in [0.717, 1.165) is 29.0 Å². The largest absolute Gasteiger partial charge is 0.492 e. The highest BCUT2D eigenvalue weighted by molar-refractivity contribution is 5.76. The molecule has 1 heterocycles. The quantitative estimate of drug-likeness (QED) is 0.796. The Morgan fingerprint density at radius 1 is 1.50 bits per heavy atom. The zero-order chi connectivity index (χ0) is 11.4. The van der Waals surface area contributed by atoms with E-state index in [-0.39, 0.29) is 0 Å². The molecular formula is C12H13N3O. The SMILES string of the molecule is CCc1nc2ccc(OCCC#N)cc2[nH]1. The second kappa shape index (κ2) is 4.67. The van der Waals surface area contributed by atoms with Crippen LogP contribution in [0, 0.1) is 11.3 Å². The van der Waals surface area contributed by atoms with Crippen LogP contribution in [0.3, 0.4) is 0 Å². The molecule has 82 valence electrons. The molecule has 16 heavy (non-hydrogen) atoms. The van der Waals surface area contributed by atoms with Crippen LogP contribution in [0.15, 0.2) is 18.2 Å². The van der Waals surface area contributed by atoms with E-state index in [9.17, 15) is 0 Å². The number of fused-ring (bicyclic) bond motifs is 1. The molecule has 0 saturated carbocycles. The van der Waals surface area contributed by atoms with Crippen molar-refractivity contribution in [2.45, 2.75) is 19.8 Å². The highest BCUT2D eigenvalue weighted by atomic mass is 16.5. The molecule has 0 aliphatic rings. The fraction of sp³-hybridized carbons (Fsp3) is 0.333. The van der Waals surface area contributed by atoms with Crippen LogP contribution in [0.2, 0.25) is 0 Å². The number of hydrogen-bond acceptors (Lipinski definition) is 3. The van der Waals surface area contributed by atoms with Crippen molar-refractivity contribution < 1.29 is 4.74 Å². The van der Waals surface area contributed by atoms with Gasteiger partial charge in [-0.1, -0.05) is 6.92 Å². The summed E-state index contributed by atoms with van der Waals surface area (Å²) in [5.74, 6) is 1.75.